The molecule has 0 aromatic carbocycles. The molecule has 9 heteroatoms. The lowest BCUT2D eigenvalue weighted by atomic mass is 10.2. The molecule has 0 aromatic rings. The summed E-state index contributed by atoms with van der Waals surface area (Å²) in [4.78, 5) is 23.5. The van der Waals surface area contributed by atoms with Gasteiger partial charge < -0.3 is 18.5 Å². The van der Waals surface area contributed by atoms with E-state index in [2.05, 4.69) is 10.1 Å². The standard InChI is InChI=1S/C14H26NO7P/c1-7-20-23(18,21-8-2)10-9-11(12(16)19-6)15-13(17)22-14(3,4)5/h9H,7-8,10H2,1-6H3,(H,15,17)/b11-9+. The molecule has 0 atom stereocenters. The molecular weight excluding hydrogens is 325 g/mol. The lowest BCUT2D eigenvalue weighted by molar-refractivity contribution is -0.136. The molecule has 0 bridgehead atoms. The normalized spacial score (nSPS) is 12.7. The van der Waals surface area contributed by atoms with Crippen molar-refractivity contribution in [3.63, 3.8) is 0 Å². The molecule has 0 unspecified atom stereocenters. The summed E-state index contributed by atoms with van der Waals surface area (Å²) in [7, 11) is -2.22. The number of carbonyl (C=O) groups is 2. The van der Waals surface area contributed by atoms with Crippen LogP contribution in [-0.2, 0) is 27.9 Å². The molecular formula is C14H26NO7P. The Morgan fingerprint density at radius 3 is 2.04 bits per heavy atom. The molecule has 1 amide bonds. The Morgan fingerprint density at radius 2 is 1.65 bits per heavy atom. The van der Waals surface area contributed by atoms with Gasteiger partial charge in [0.15, 0.2) is 0 Å². The molecule has 8 nitrogen and oxygen atoms in total. The predicted octanol–water partition coefficient (Wildman–Crippen LogP) is 2.83. The molecule has 0 saturated carbocycles. The van der Waals surface area contributed by atoms with E-state index >= 15 is 0 Å². The lowest BCUT2D eigenvalue weighted by Crippen LogP contribution is -2.34. The first-order valence-corrected chi connectivity index (χ1v) is 8.96. The Bertz CT molecular complexity index is 472. The van der Waals surface area contributed by atoms with E-state index in [-0.39, 0.29) is 25.1 Å². The zero-order valence-electron chi connectivity index (χ0n) is 14.5. The summed E-state index contributed by atoms with van der Waals surface area (Å²) in [6.45, 7) is 8.80. The van der Waals surface area contributed by atoms with Crippen molar-refractivity contribution in [3.8, 4) is 0 Å². The van der Waals surface area contributed by atoms with Gasteiger partial charge in [0.1, 0.15) is 11.3 Å². The number of ether oxygens (including phenoxy) is 2. The summed E-state index contributed by atoms with van der Waals surface area (Å²) in [5.74, 6) is -0.796. The average molecular weight is 351 g/mol. The van der Waals surface area contributed by atoms with E-state index in [1.54, 1.807) is 34.6 Å². The molecule has 0 aliphatic carbocycles. The van der Waals surface area contributed by atoms with Crippen LogP contribution in [0.25, 0.3) is 0 Å². The maximum atomic E-state index is 12.4. The SMILES string of the molecule is CCOP(=O)(C/C=C(/NC(=O)OC(C)(C)C)C(=O)OC)OCC. The minimum Gasteiger partial charge on any atom is -0.464 e. The molecule has 23 heavy (non-hydrogen) atoms. The van der Waals surface area contributed by atoms with Gasteiger partial charge in [-0.15, -0.1) is 0 Å². The summed E-state index contributed by atoms with van der Waals surface area (Å²) in [6.07, 6.45) is 0.230. The molecule has 1 N–H and O–H groups in total. The fraction of sp³-hybridized carbons (Fsp3) is 0.714. The molecule has 0 aliphatic rings. The molecule has 0 aromatic heterocycles. The van der Waals surface area contributed by atoms with E-state index in [0.717, 1.165) is 7.11 Å². The first-order valence-electron chi connectivity index (χ1n) is 7.23. The number of methoxy groups -OCH3 is 1. The second-order valence-electron chi connectivity index (χ2n) is 5.37. The largest absolute Gasteiger partial charge is 0.464 e. The summed E-state index contributed by atoms with van der Waals surface area (Å²) < 4.78 is 32.2. The van der Waals surface area contributed by atoms with Gasteiger partial charge in [-0.05, 0) is 40.7 Å². The van der Waals surface area contributed by atoms with Crippen molar-refractivity contribution in [2.45, 2.75) is 40.2 Å². The summed E-state index contributed by atoms with van der Waals surface area (Å²) in [5, 5.41) is 2.27. The Hall–Kier alpha value is -1.37. The summed E-state index contributed by atoms with van der Waals surface area (Å²) in [5.41, 5.74) is -0.918. The van der Waals surface area contributed by atoms with Crippen molar-refractivity contribution in [1.29, 1.82) is 0 Å². The van der Waals surface area contributed by atoms with Gasteiger partial charge >= 0.3 is 19.7 Å². The van der Waals surface area contributed by atoms with Crippen LogP contribution in [0.4, 0.5) is 4.79 Å². The van der Waals surface area contributed by atoms with Gasteiger partial charge in [-0.2, -0.15) is 0 Å². The second kappa shape index (κ2) is 9.70. The Morgan fingerprint density at radius 1 is 1.13 bits per heavy atom. The van der Waals surface area contributed by atoms with Gasteiger partial charge in [0.2, 0.25) is 0 Å². The third-order valence-electron chi connectivity index (χ3n) is 2.21. The number of alkyl carbamates (subject to hydrolysis) is 1. The number of nitrogens with one attached hydrogen (secondary N) is 1. The average Bonchev–Trinajstić information content (AvgIpc) is 2.41. The van der Waals surface area contributed by atoms with Crippen LogP contribution in [0.2, 0.25) is 0 Å². The first-order chi connectivity index (χ1) is 10.6. The van der Waals surface area contributed by atoms with Crippen molar-refractivity contribution >= 4 is 19.7 Å². The van der Waals surface area contributed by atoms with Crippen LogP contribution in [-0.4, -0.2) is 44.1 Å². The van der Waals surface area contributed by atoms with E-state index in [1.807, 2.05) is 0 Å². The number of amides is 1. The van der Waals surface area contributed by atoms with Crippen LogP contribution in [0.15, 0.2) is 11.8 Å². The van der Waals surface area contributed by atoms with Crippen LogP contribution in [0.1, 0.15) is 34.6 Å². The van der Waals surface area contributed by atoms with E-state index in [0.29, 0.717) is 0 Å². The maximum absolute atomic E-state index is 12.4. The van der Waals surface area contributed by atoms with Crippen LogP contribution >= 0.6 is 7.60 Å². The van der Waals surface area contributed by atoms with Gasteiger partial charge in [0, 0.05) is 0 Å². The van der Waals surface area contributed by atoms with Crippen molar-refractivity contribution in [2.24, 2.45) is 0 Å². The Balaban J connectivity index is 5.13. The number of hydrogen-bond donors (Lipinski definition) is 1. The van der Waals surface area contributed by atoms with Crippen molar-refractivity contribution in [2.75, 3.05) is 26.5 Å². The van der Waals surface area contributed by atoms with Crippen LogP contribution in [0.3, 0.4) is 0 Å². The number of rotatable bonds is 8. The van der Waals surface area contributed by atoms with Gasteiger partial charge in [0.05, 0.1) is 26.5 Å². The zero-order valence-corrected chi connectivity index (χ0v) is 15.4. The van der Waals surface area contributed by atoms with Gasteiger partial charge in [0.25, 0.3) is 0 Å². The first kappa shape index (κ1) is 21.6. The summed E-state index contributed by atoms with van der Waals surface area (Å²) in [6, 6.07) is 0. The Kier molecular flexibility index (Phi) is 9.12. The maximum Gasteiger partial charge on any atom is 0.412 e. The smallest absolute Gasteiger partial charge is 0.412 e. The van der Waals surface area contributed by atoms with Crippen LogP contribution in [0.5, 0.6) is 0 Å². The number of carbonyl (C=O) groups excluding carboxylic acids is 2. The molecule has 0 rings (SSSR count). The van der Waals surface area contributed by atoms with E-state index < -0.39 is 25.3 Å². The van der Waals surface area contributed by atoms with Crippen molar-refractivity contribution < 1.29 is 32.7 Å². The van der Waals surface area contributed by atoms with E-state index in [4.69, 9.17) is 13.8 Å². The lowest BCUT2D eigenvalue weighted by Gasteiger charge is -2.20. The monoisotopic (exact) mass is 351 g/mol. The Labute approximate surface area is 137 Å². The highest BCUT2D eigenvalue weighted by atomic mass is 31.2. The molecule has 0 spiro atoms. The third kappa shape index (κ3) is 9.38. The van der Waals surface area contributed by atoms with Gasteiger partial charge in [-0.3, -0.25) is 9.88 Å². The highest BCUT2D eigenvalue weighted by molar-refractivity contribution is 7.54. The van der Waals surface area contributed by atoms with E-state index in [9.17, 15) is 14.2 Å². The fourth-order valence-electron chi connectivity index (χ4n) is 1.45. The zero-order chi connectivity index (χ0) is 18.1. The van der Waals surface area contributed by atoms with Gasteiger partial charge in [-0.1, -0.05) is 0 Å². The topological polar surface area (TPSA) is 100 Å². The molecule has 0 heterocycles. The molecule has 0 saturated heterocycles. The van der Waals surface area contributed by atoms with Crippen molar-refractivity contribution in [1.82, 2.24) is 5.32 Å². The molecule has 0 radical (unpaired) electrons. The van der Waals surface area contributed by atoms with E-state index in [1.165, 1.54) is 6.08 Å². The highest BCUT2D eigenvalue weighted by Gasteiger charge is 2.25. The third-order valence-corrected chi connectivity index (χ3v) is 4.14. The number of hydrogen-bond acceptors (Lipinski definition) is 7. The fourth-order valence-corrected chi connectivity index (χ4v) is 2.93. The predicted molar refractivity (Wildman–Crippen MR) is 85.2 cm³/mol. The highest BCUT2D eigenvalue weighted by Crippen LogP contribution is 2.48. The second-order valence-corrected chi connectivity index (χ2v) is 7.47. The molecule has 0 fully saturated rings. The molecule has 0 aliphatic heterocycles. The molecule has 134 valence electrons. The van der Waals surface area contributed by atoms with Crippen molar-refractivity contribution in [3.05, 3.63) is 11.8 Å². The van der Waals surface area contributed by atoms with Gasteiger partial charge in [-0.25, -0.2) is 9.59 Å². The number of allylic oxidation sites excluding steroid dienone is 1. The van der Waals surface area contributed by atoms with Crippen LogP contribution in [0, 0.1) is 0 Å². The summed E-state index contributed by atoms with van der Waals surface area (Å²) >= 11 is 0. The minimum atomic E-state index is -3.38. The quantitative estimate of drug-likeness (QED) is 0.408. The minimum absolute atomic E-state index is 0.186. The van der Waals surface area contributed by atoms with Crippen LogP contribution < -0.4 is 5.32 Å². The number of esters is 1.